The molecule has 0 unspecified atom stereocenters. The van der Waals surface area contributed by atoms with Gasteiger partial charge >= 0.3 is 0 Å². The lowest BCUT2D eigenvalue weighted by molar-refractivity contribution is -0.135. The quantitative estimate of drug-likeness (QED) is 0.802. The van der Waals surface area contributed by atoms with Crippen molar-refractivity contribution in [1.82, 2.24) is 0 Å². The van der Waals surface area contributed by atoms with Gasteiger partial charge < -0.3 is 10.0 Å². The summed E-state index contributed by atoms with van der Waals surface area (Å²) in [7, 11) is 0. The van der Waals surface area contributed by atoms with Crippen LogP contribution in [0.2, 0.25) is 5.02 Å². The normalized spacial score (nSPS) is 19.0. The van der Waals surface area contributed by atoms with Crippen molar-refractivity contribution in [2.24, 2.45) is 0 Å². The Morgan fingerprint density at radius 1 is 1.19 bits per heavy atom. The van der Waals surface area contributed by atoms with E-state index in [1.807, 2.05) is 32.9 Å². The predicted octanol–water partition coefficient (Wildman–Crippen LogP) is 4.17. The average Bonchev–Trinajstić information content (AvgIpc) is 2.77. The number of amides is 1. The van der Waals surface area contributed by atoms with E-state index >= 15 is 0 Å². The lowest BCUT2D eigenvalue weighted by Gasteiger charge is -2.23. The number of aliphatic hydroxyl groups is 1. The number of rotatable bonds is 5. The Bertz CT molecular complexity index is 893. The monoisotopic (exact) mass is 371 g/mol. The first kappa shape index (κ1) is 18.6. The number of carbonyl (C=O) groups excluding carboxylic acids is 2. The first-order chi connectivity index (χ1) is 12.3. The van der Waals surface area contributed by atoms with Crippen molar-refractivity contribution in [2.75, 3.05) is 11.4 Å². The second-order valence-corrected chi connectivity index (χ2v) is 7.33. The number of halogens is 1. The van der Waals surface area contributed by atoms with Crippen molar-refractivity contribution < 1.29 is 14.7 Å². The van der Waals surface area contributed by atoms with Crippen LogP contribution in [0.3, 0.4) is 0 Å². The average molecular weight is 372 g/mol. The van der Waals surface area contributed by atoms with E-state index in [2.05, 4.69) is 0 Å². The van der Waals surface area contributed by atoms with Gasteiger partial charge in [0.1, 0.15) is 0 Å². The Hall–Kier alpha value is -2.17. The van der Waals surface area contributed by atoms with Gasteiger partial charge in [0.05, 0.1) is 12.1 Å². The van der Waals surface area contributed by atoms with Crippen molar-refractivity contribution in [3.63, 3.8) is 0 Å². The summed E-state index contributed by atoms with van der Waals surface area (Å²) in [5, 5.41) is 11.7. The van der Waals surface area contributed by atoms with Crippen molar-refractivity contribution in [3.8, 4) is 0 Å². The van der Waals surface area contributed by atoms with Crippen LogP contribution < -0.4 is 4.90 Å². The molecule has 1 heterocycles. The summed E-state index contributed by atoms with van der Waals surface area (Å²) in [6.45, 7) is 6.25. The summed E-state index contributed by atoms with van der Waals surface area (Å²) in [6, 6.07) is 10.5. The highest BCUT2D eigenvalue weighted by Crippen LogP contribution is 2.44. The zero-order valence-electron chi connectivity index (χ0n) is 15.2. The predicted molar refractivity (Wildman–Crippen MR) is 103 cm³/mol. The third kappa shape index (κ3) is 3.04. The molecule has 136 valence electrons. The molecule has 0 aromatic heterocycles. The third-order valence-corrected chi connectivity index (χ3v) is 5.07. The van der Waals surface area contributed by atoms with E-state index in [1.165, 1.54) is 0 Å². The Kier molecular flexibility index (Phi) is 4.91. The zero-order chi connectivity index (χ0) is 19.1. The van der Waals surface area contributed by atoms with E-state index in [0.717, 1.165) is 17.5 Å². The molecule has 0 bridgehead atoms. The van der Waals surface area contributed by atoms with E-state index in [1.54, 1.807) is 29.2 Å². The van der Waals surface area contributed by atoms with E-state index in [4.69, 9.17) is 11.6 Å². The molecule has 0 spiro atoms. The minimum Gasteiger partial charge on any atom is -0.375 e. The van der Waals surface area contributed by atoms with Crippen LogP contribution in [0, 0.1) is 13.8 Å². The molecule has 3 rings (SSSR count). The molecule has 5 heteroatoms. The number of hydrogen-bond donors (Lipinski definition) is 1. The molecule has 4 nitrogen and oxygen atoms in total. The number of hydrogen-bond acceptors (Lipinski definition) is 3. The minimum atomic E-state index is -1.89. The highest BCUT2D eigenvalue weighted by Gasteiger charge is 2.50. The second kappa shape index (κ2) is 6.86. The molecule has 2 aromatic carbocycles. The van der Waals surface area contributed by atoms with E-state index in [-0.39, 0.29) is 12.2 Å². The van der Waals surface area contributed by atoms with E-state index in [0.29, 0.717) is 28.4 Å². The van der Waals surface area contributed by atoms with Gasteiger partial charge in [-0.3, -0.25) is 9.59 Å². The Labute approximate surface area is 158 Å². The van der Waals surface area contributed by atoms with Gasteiger partial charge in [0.15, 0.2) is 11.4 Å². The summed E-state index contributed by atoms with van der Waals surface area (Å²) < 4.78 is 0. The first-order valence-corrected chi connectivity index (χ1v) is 9.10. The van der Waals surface area contributed by atoms with Gasteiger partial charge in [-0.25, -0.2) is 0 Å². The van der Waals surface area contributed by atoms with Crippen molar-refractivity contribution in [1.29, 1.82) is 0 Å². The molecule has 0 saturated heterocycles. The van der Waals surface area contributed by atoms with E-state index < -0.39 is 11.5 Å². The Balaban J connectivity index is 2.02. The number of fused-ring (bicyclic) bond motifs is 1. The summed E-state index contributed by atoms with van der Waals surface area (Å²) in [6.07, 6.45) is 0.443. The number of ketones is 1. The van der Waals surface area contributed by atoms with Gasteiger partial charge in [-0.2, -0.15) is 0 Å². The van der Waals surface area contributed by atoms with Crippen LogP contribution in [-0.2, 0) is 10.4 Å². The highest BCUT2D eigenvalue weighted by atomic mass is 35.5. The topological polar surface area (TPSA) is 57.6 Å². The molecular formula is C21H22ClNO3. The number of nitrogens with zero attached hydrogens (tertiary/aromatic N) is 1. The lowest BCUT2D eigenvalue weighted by Crippen LogP contribution is -2.42. The van der Waals surface area contributed by atoms with Crippen LogP contribution in [0.1, 0.15) is 46.8 Å². The number of carbonyl (C=O) groups is 2. The van der Waals surface area contributed by atoms with Gasteiger partial charge in [0.25, 0.3) is 5.91 Å². The summed E-state index contributed by atoms with van der Waals surface area (Å²) in [4.78, 5) is 27.4. The van der Waals surface area contributed by atoms with Crippen LogP contribution in [0.5, 0.6) is 0 Å². The molecule has 1 amide bonds. The number of anilines is 1. The van der Waals surface area contributed by atoms with Gasteiger partial charge in [-0.1, -0.05) is 42.3 Å². The Morgan fingerprint density at radius 3 is 2.58 bits per heavy atom. The first-order valence-electron chi connectivity index (χ1n) is 8.72. The van der Waals surface area contributed by atoms with Crippen LogP contribution in [-0.4, -0.2) is 23.3 Å². The maximum Gasteiger partial charge on any atom is 0.264 e. The molecule has 1 aliphatic rings. The van der Waals surface area contributed by atoms with Gasteiger partial charge in [0.2, 0.25) is 0 Å². The zero-order valence-corrected chi connectivity index (χ0v) is 15.9. The fourth-order valence-corrected chi connectivity index (χ4v) is 3.77. The fraction of sp³-hybridized carbons (Fsp3) is 0.333. The minimum absolute atomic E-state index is 0.261. The van der Waals surface area contributed by atoms with Crippen molar-refractivity contribution >= 4 is 29.0 Å². The highest BCUT2D eigenvalue weighted by molar-refractivity contribution is 6.31. The van der Waals surface area contributed by atoms with Gasteiger partial charge in [-0.15, -0.1) is 0 Å². The van der Waals surface area contributed by atoms with Crippen LogP contribution >= 0.6 is 11.6 Å². The van der Waals surface area contributed by atoms with Gasteiger partial charge in [-0.05, 0) is 44.0 Å². The maximum absolute atomic E-state index is 13.0. The Morgan fingerprint density at radius 2 is 1.92 bits per heavy atom. The molecule has 2 aromatic rings. The molecule has 1 atom stereocenters. The second-order valence-electron chi connectivity index (χ2n) is 6.90. The standard InChI is InChI=1S/C21H22ClNO3/c1-4-9-23-18-8-6-15(22)11-17(18)21(26,20(23)25)12-19(24)16-7-5-13(2)10-14(16)3/h5-8,10-11,26H,4,9,12H2,1-3H3/t21-/m1/s1. The smallest absolute Gasteiger partial charge is 0.264 e. The summed E-state index contributed by atoms with van der Waals surface area (Å²) in [5.41, 5.74) is 1.55. The van der Waals surface area contributed by atoms with Gasteiger partial charge in [0, 0.05) is 22.7 Å². The van der Waals surface area contributed by atoms with Crippen molar-refractivity contribution in [3.05, 3.63) is 63.7 Å². The molecule has 0 radical (unpaired) electrons. The number of Topliss-reactive ketones (excluding diaryl/α,β-unsaturated/α-hetero) is 1. The molecule has 1 aliphatic heterocycles. The SMILES string of the molecule is CCCN1C(=O)[C@@](O)(CC(=O)c2ccc(C)cc2C)c2cc(Cl)ccc21. The molecule has 0 aliphatic carbocycles. The van der Waals surface area contributed by atoms with Crippen LogP contribution in [0.15, 0.2) is 36.4 Å². The summed E-state index contributed by atoms with van der Waals surface area (Å²) >= 11 is 6.09. The van der Waals surface area contributed by atoms with Crippen molar-refractivity contribution in [2.45, 2.75) is 39.2 Å². The largest absolute Gasteiger partial charge is 0.375 e. The molecular weight excluding hydrogens is 350 g/mol. The number of benzene rings is 2. The molecule has 0 saturated carbocycles. The van der Waals surface area contributed by atoms with E-state index in [9.17, 15) is 14.7 Å². The third-order valence-electron chi connectivity index (χ3n) is 4.84. The van der Waals surface area contributed by atoms with Crippen LogP contribution in [0.25, 0.3) is 0 Å². The summed E-state index contributed by atoms with van der Waals surface area (Å²) in [5.74, 6) is -0.725. The molecule has 0 fully saturated rings. The molecule has 1 N–H and O–H groups in total. The molecule has 26 heavy (non-hydrogen) atoms. The number of aryl methyl sites for hydroxylation is 2. The maximum atomic E-state index is 13.0. The van der Waals surface area contributed by atoms with Crippen LogP contribution in [0.4, 0.5) is 5.69 Å². The lowest BCUT2D eigenvalue weighted by atomic mass is 9.87. The fourth-order valence-electron chi connectivity index (χ4n) is 3.59.